The molecule has 1 fully saturated rings. The molecule has 178 valence electrons. The van der Waals surface area contributed by atoms with E-state index in [1.807, 2.05) is 61.7 Å². The zero-order valence-electron chi connectivity index (χ0n) is 19.6. The van der Waals surface area contributed by atoms with Crippen LogP contribution in [0.25, 0.3) is 0 Å². The first-order chi connectivity index (χ1) is 16.4. The Hall–Kier alpha value is -3.26. The van der Waals surface area contributed by atoms with Gasteiger partial charge in [-0.15, -0.1) is 11.8 Å². The van der Waals surface area contributed by atoms with Crippen LogP contribution in [0.1, 0.15) is 28.7 Å². The minimum Gasteiger partial charge on any atom is -0.497 e. The van der Waals surface area contributed by atoms with E-state index in [9.17, 15) is 14.4 Å². The quantitative estimate of drug-likeness (QED) is 0.623. The van der Waals surface area contributed by atoms with Gasteiger partial charge in [-0.05, 0) is 48.1 Å². The number of amides is 4. The monoisotopic (exact) mass is 479 g/mol. The number of hydrogen-bond acceptors (Lipinski definition) is 5. The number of carbonyl (C=O) groups is 3. The second-order valence-corrected chi connectivity index (χ2v) is 9.63. The van der Waals surface area contributed by atoms with Crippen LogP contribution in [0, 0.1) is 13.8 Å². The molecule has 2 aromatic carbocycles. The van der Waals surface area contributed by atoms with Gasteiger partial charge < -0.3 is 15.0 Å². The number of nitrogens with zero attached hydrogens (tertiary/aromatic N) is 2. The lowest BCUT2D eigenvalue weighted by atomic mass is 10.0. The van der Waals surface area contributed by atoms with Crippen molar-refractivity contribution >= 4 is 29.6 Å². The summed E-state index contributed by atoms with van der Waals surface area (Å²) >= 11 is 1.43. The molecular weight excluding hydrogens is 450 g/mol. The van der Waals surface area contributed by atoms with Crippen LogP contribution in [0.4, 0.5) is 4.79 Å². The number of urea groups is 1. The molecular formula is C26H29N3O4S. The van der Waals surface area contributed by atoms with Crippen LogP contribution in [0.2, 0.25) is 0 Å². The summed E-state index contributed by atoms with van der Waals surface area (Å²) in [6.07, 6.45) is 1.98. The van der Waals surface area contributed by atoms with Gasteiger partial charge in [0.25, 0.3) is 0 Å². The summed E-state index contributed by atoms with van der Waals surface area (Å²) in [5, 5.41) is 4.38. The molecule has 0 radical (unpaired) electrons. The Morgan fingerprint density at radius 2 is 1.88 bits per heavy atom. The molecule has 2 unspecified atom stereocenters. The van der Waals surface area contributed by atoms with Crippen molar-refractivity contribution in [2.45, 2.75) is 44.6 Å². The van der Waals surface area contributed by atoms with Crippen molar-refractivity contribution in [1.82, 2.24) is 15.1 Å². The maximum absolute atomic E-state index is 13.4. The lowest BCUT2D eigenvalue weighted by Crippen LogP contribution is -2.61. The molecule has 1 saturated heterocycles. The Labute approximate surface area is 204 Å². The Bertz CT molecular complexity index is 1120. The first-order valence-electron chi connectivity index (χ1n) is 11.3. The summed E-state index contributed by atoms with van der Waals surface area (Å²) in [5.41, 5.74) is 4.23. The van der Waals surface area contributed by atoms with Gasteiger partial charge >= 0.3 is 6.03 Å². The number of aryl methyl sites for hydroxylation is 2. The number of benzene rings is 2. The Morgan fingerprint density at radius 3 is 2.62 bits per heavy atom. The number of hydrogen-bond donors (Lipinski definition) is 1. The van der Waals surface area contributed by atoms with Crippen molar-refractivity contribution in [3.05, 3.63) is 76.2 Å². The van der Waals surface area contributed by atoms with Crippen molar-refractivity contribution in [1.29, 1.82) is 0 Å². The third-order valence-corrected chi connectivity index (χ3v) is 7.30. The van der Waals surface area contributed by atoms with Gasteiger partial charge in [0.1, 0.15) is 11.0 Å². The summed E-state index contributed by atoms with van der Waals surface area (Å²) in [7, 11) is 1.60. The summed E-state index contributed by atoms with van der Waals surface area (Å²) in [6.45, 7) is 4.89. The normalized spacial score (nSPS) is 19.4. The predicted octanol–water partition coefficient (Wildman–Crippen LogP) is 3.78. The van der Waals surface area contributed by atoms with Crippen LogP contribution in [-0.2, 0) is 22.7 Å². The van der Waals surface area contributed by atoms with E-state index in [4.69, 9.17) is 4.74 Å². The molecule has 0 bridgehead atoms. The molecule has 7 nitrogen and oxygen atoms in total. The lowest BCUT2D eigenvalue weighted by Gasteiger charge is -2.41. The summed E-state index contributed by atoms with van der Waals surface area (Å²) in [4.78, 5) is 41.9. The SMILES string of the molecule is COc1ccc(CNC(=O)CCN2C(=O)C3SC=CC3N(Cc3cc(C)ccc3C)C2=O)cc1. The van der Waals surface area contributed by atoms with Crippen molar-refractivity contribution in [3.63, 3.8) is 0 Å². The second-order valence-electron chi connectivity index (χ2n) is 8.58. The summed E-state index contributed by atoms with van der Waals surface area (Å²) in [6, 6.07) is 13.0. The fourth-order valence-electron chi connectivity index (χ4n) is 4.17. The van der Waals surface area contributed by atoms with Gasteiger partial charge in [-0.2, -0.15) is 0 Å². The highest BCUT2D eigenvalue weighted by molar-refractivity contribution is 8.03. The molecule has 4 rings (SSSR count). The molecule has 0 saturated carbocycles. The fraction of sp³-hybridized carbons (Fsp3) is 0.346. The van der Waals surface area contributed by atoms with Crippen LogP contribution in [0.15, 0.2) is 53.9 Å². The number of rotatable bonds is 8. The van der Waals surface area contributed by atoms with Crippen LogP contribution < -0.4 is 10.1 Å². The van der Waals surface area contributed by atoms with Crippen molar-refractivity contribution in [3.8, 4) is 5.75 Å². The number of ether oxygens (including phenoxy) is 1. The van der Waals surface area contributed by atoms with E-state index in [0.29, 0.717) is 13.1 Å². The molecule has 4 amide bonds. The van der Waals surface area contributed by atoms with Crippen LogP contribution in [-0.4, -0.2) is 52.6 Å². The number of imide groups is 1. The smallest absolute Gasteiger partial charge is 0.327 e. The first kappa shape index (κ1) is 23.9. The summed E-state index contributed by atoms with van der Waals surface area (Å²) < 4.78 is 5.14. The largest absolute Gasteiger partial charge is 0.497 e. The maximum atomic E-state index is 13.4. The summed E-state index contributed by atoms with van der Waals surface area (Å²) in [5.74, 6) is 0.308. The van der Waals surface area contributed by atoms with E-state index in [2.05, 4.69) is 11.4 Å². The molecule has 34 heavy (non-hydrogen) atoms. The Balaban J connectivity index is 1.40. The van der Waals surface area contributed by atoms with E-state index in [0.717, 1.165) is 28.0 Å². The number of fused-ring (bicyclic) bond motifs is 1. The second kappa shape index (κ2) is 10.3. The van der Waals surface area contributed by atoms with E-state index < -0.39 is 0 Å². The molecule has 1 N–H and O–H groups in total. The van der Waals surface area contributed by atoms with Crippen molar-refractivity contribution < 1.29 is 19.1 Å². The minimum absolute atomic E-state index is 0.0548. The lowest BCUT2D eigenvalue weighted by molar-refractivity contribution is -0.131. The number of nitrogens with one attached hydrogen (secondary N) is 1. The molecule has 2 atom stereocenters. The van der Waals surface area contributed by atoms with Gasteiger partial charge in [0.15, 0.2) is 0 Å². The topological polar surface area (TPSA) is 79.0 Å². The maximum Gasteiger partial charge on any atom is 0.327 e. The molecule has 2 aromatic rings. The predicted molar refractivity (Wildman–Crippen MR) is 132 cm³/mol. The molecule has 0 spiro atoms. The van der Waals surface area contributed by atoms with Gasteiger partial charge in [0.05, 0.1) is 13.2 Å². The van der Waals surface area contributed by atoms with Gasteiger partial charge in [0.2, 0.25) is 11.8 Å². The average molecular weight is 480 g/mol. The van der Waals surface area contributed by atoms with Crippen LogP contribution in [0.5, 0.6) is 5.75 Å². The van der Waals surface area contributed by atoms with Crippen molar-refractivity contribution in [2.75, 3.05) is 13.7 Å². The van der Waals surface area contributed by atoms with E-state index in [1.54, 1.807) is 12.0 Å². The number of methoxy groups -OCH3 is 1. The van der Waals surface area contributed by atoms with Gasteiger partial charge in [0, 0.05) is 26.1 Å². The van der Waals surface area contributed by atoms with Gasteiger partial charge in [-0.25, -0.2) is 4.79 Å². The van der Waals surface area contributed by atoms with Crippen molar-refractivity contribution in [2.24, 2.45) is 0 Å². The zero-order chi connectivity index (χ0) is 24.2. The molecule has 2 aliphatic heterocycles. The highest BCUT2D eigenvalue weighted by atomic mass is 32.2. The molecule has 8 heteroatoms. The number of thioether (sulfide) groups is 1. The van der Waals surface area contributed by atoms with Gasteiger partial charge in [-0.3, -0.25) is 14.5 Å². The Kier molecular flexibility index (Phi) is 7.26. The van der Waals surface area contributed by atoms with E-state index >= 15 is 0 Å². The molecule has 2 heterocycles. The third-order valence-electron chi connectivity index (χ3n) is 6.21. The molecule has 2 aliphatic rings. The highest BCUT2D eigenvalue weighted by Crippen LogP contribution is 2.35. The third kappa shape index (κ3) is 5.12. The van der Waals surface area contributed by atoms with Crippen LogP contribution >= 0.6 is 11.8 Å². The average Bonchev–Trinajstić information content (AvgIpc) is 3.33. The zero-order valence-corrected chi connectivity index (χ0v) is 20.4. The van der Waals surface area contributed by atoms with E-state index in [1.165, 1.54) is 16.7 Å². The Morgan fingerprint density at radius 1 is 1.12 bits per heavy atom. The first-order valence-corrected chi connectivity index (χ1v) is 12.2. The number of carbonyl (C=O) groups excluding carboxylic acids is 3. The minimum atomic E-state index is -0.370. The van der Waals surface area contributed by atoms with Gasteiger partial charge in [-0.1, -0.05) is 42.0 Å². The molecule has 0 aromatic heterocycles. The fourth-order valence-corrected chi connectivity index (χ4v) is 5.24. The highest BCUT2D eigenvalue weighted by Gasteiger charge is 2.47. The standard InChI is InChI=1S/C26H29N3O4S/c1-17-4-5-18(2)20(14-17)16-29-22-11-13-34-24(22)25(31)28(26(29)32)12-10-23(30)27-15-19-6-8-21(33-3)9-7-19/h4-9,11,13-14,22,24H,10,12,15-16H2,1-3H3,(H,27,30). The molecule has 0 aliphatic carbocycles. The van der Waals surface area contributed by atoms with Crippen LogP contribution in [0.3, 0.4) is 0 Å². The van der Waals surface area contributed by atoms with E-state index in [-0.39, 0.29) is 42.1 Å².